The molecule has 0 spiro atoms. The molecule has 2 aromatic rings. The molecule has 2 aromatic carbocycles. The van der Waals surface area contributed by atoms with Gasteiger partial charge in [0.1, 0.15) is 0 Å². The van der Waals surface area contributed by atoms with E-state index in [-0.39, 0.29) is 16.8 Å². The molecule has 1 saturated heterocycles. The maximum absolute atomic E-state index is 12.8. The molecule has 1 atom stereocenters. The van der Waals surface area contributed by atoms with Gasteiger partial charge in [-0.15, -0.1) is 0 Å². The minimum Gasteiger partial charge on any atom is -0.312 e. The van der Waals surface area contributed by atoms with E-state index in [2.05, 4.69) is 11.6 Å². The van der Waals surface area contributed by atoms with E-state index in [9.17, 15) is 13.2 Å². The van der Waals surface area contributed by atoms with Crippen LogP contribution < -0.4 is 9.62 Å². The molecule has 5 nitrogen and oxygen atoms in total. The summed E-state index contributed by atoms with van der Waals surface area (Å²) < 4.78 is 28.3. The van der Waals surface area contributed by atoms with Crippen LogP contribution in [0.2, 0.25) is 0 Å². The number of anilines is 1. The Morgan fingerprint density at radius 3 is 2.41 bits per heavy atom. The van der Waals surface area contributed by atoms with Crippen LogP contribution in [-0.4, -0.2) is 20.9 Å². The minimum atomic E-state index is -3.65. The Labute approximate surface area is 161 Å². The predicted molar refractivity (Wildman–Crippen MR) is 107 cm³/mol. The molecule has 1 aliphatic heterocycles. The zero-order valence-electron chi connectivity index (χ0n) is 16.0. The number of nitrogens with one attached hydrogen (secondary N) is 1. The zero-order valence-corrected chi connectivity index (χ0v) is 16.8. The first-order chi connectivity index (χ1) is 12.8. The molecular formula is C21H26N2O3S. The van der Waals surface area contributed by atoms with Crippen LogP contribution in [0.5, 0.6) is 0 Å². The van der Waals surface area contributed by atoms with Crippen molar-refractivity contribution in [3.63, 3.8) is 0 Å². The summed E-state index contributed by atoms with van der Waals surface area (Å²) in [4.78, 5) is 13.9. The summed E-state index contributed by atoms with van der Waals surface area (Å²) in [5, 5.41) is 0. The Balaban J connectivity index is 1.79. The molecule has 0 aromatic heterocycles. The summed E-state index contributed by atoms with van der Waals surface area (Å²) in [6, 6.07) is 12.6. The van der Waals surface area contributed by atoms with Crippen molar-refractivity contribution in [1.29, 1.82) is 0 Å². The molecule has 0 aliphatic carbocycles. The molecular weight excluding hydrogens is 360 g/mol. The monoisotopic (exact) mass is 386 g/mol. The third-order valence-electron chi connectivity index (χ3n) is 5.06. The Morgan fingerprint density at radius 2 is 1.85 bits per heavy atom. The van der Waals surface area contributed by atoms with E-state index in [0.717, 1.165) is 29.7 Å². The topological polar surface area (TPSA) is 66.5 Å². The molecule has 3 rings (SSSR count). The molecule has 0 saturated carbocycles. The summed E-state index contributed by atoms with van der Waals surface area (Å²) in [6.45, 7) is 6.45. The molecule has 1 aliphatic rings. The zero-order chi connectivity index (χ0) is 19.6. The van der Waals surface area contributed by atoms with Crippen LogP contribution in [0.15, 0.2) is 47.4 Å². The number of amides is 1. The molecule has 0 bridgehead atoms. The molecule has 1 N–H and O–H groups in total. The van der Waals surface area contributed by atoms with Crippen molar-refractivity contribution < 1.29 is 13.2 Å². The van der Waals surface area contributed by atoms with E-state index in [1.807, 2.05) is 38.1 Å². The van der Waals surface area contributed by atoms with Crippen molar-refractivity contribution >= 4 is 21.6 Å². The van der Waals surface area contributed by atoms with Gasteiger partial charge in [0, 0.05) is 24.7 Å². The molecule has 6 heteroatoms. The van der Waals surface area contributed by atoms with Crippen LogP contribution >= 0.6 is 0 Å². The van der Waals surface area contributed by atoms with Gasteiger partial charge in [-0.05, 0) is 61.6 Å². The van der Waals surface area contributed by atoms with Crippen LogP contribution in [0.4, 0.5) is 5.69 Å². The van der Waals surface area contributed by atoms with Gasteiger partial charge < -0.3 is 4.90 Å². The Morgan fingerprint density at radius 1 is 1.15 bits per heavy atom. The number of sulfonamides is 1. The highest BCUT2D eigenvalue weighted by Crippen LogP contribution is 2.28. The minimum absolute atomic E-state index is 0.0935. The lowest BCUT2D eigenvalue weighted by Gasteiger charge is -2.20. The molecule has 1 heterocycles. The predicted octanol–water partition coefficient (Wildman–Crippen LogP) is 3.72. The van der Waals surface area contributed by atoms with E-state index in [1.165, 1.54) is 5.56 Å². The average molecular weight is 387 g/mol. The fraction of sp³-hybridized carbons (Fsp3) is 0.381. The molecule has 1 amide bonds. The van der Waals surface area contributed by atoms with Gasteiger partial charge in [0.05, 0.1) is 4.90 Å². The molecule has 144 valence electrons. The summed E-state index contributed by atoms with van der Waals surface area (Å²) in [6.07, 6.45) is 2.34. The molecule has 1 unspecified atom stereocenters. The number of carbonyl (C=O) groups is 1. The van der Waals surface area contributed by atoms with Gasteiger partial charge >= 0.3 is 0 Å². The second kappa shape index (κ2) is 7.82. The van der Waals surface area contributed by atoms with Gasteiger partial charge in [-0.1, -0.05) is 31.2 Å². The summed E-state index contributed by atoms with van der Waals surface area (Å²) in [5.41, 5.74) is 3.72. The third-order valence-corrected chi connectivity index (χ3v) is 6.60. The normalized spacial score (nSPS) is 16.0. The lowest BCUT2D eigenvalue weighted by atomic mass is 10.1. The van der Waals surface area contributed by atoms with Gasteiger partial charge in [0.15, 0.2) is 0 Å². The van der Waals surface area contributed by atoms with Crippen molar-refractivity contribution in [2.24, 2.45) is 0 Å². The highest BCUT2D eigenvalue weighted by Gasteiger charge is 2.25. The van der Waals surface area contributed by atoms with Crippen LogP contribution in [0.25, 0.3) is 0 Å². The quantitative estimate of drug-likeness (QED) is 0.823. The molecule has 0 radical (unpaired) electrons. The summed E-state index contributed by atoms with van der Waals surface area (Å²) in [5.74, 6) is 0.0935. The Hall–Kier alpha value is -2.18. The maximum atomic E-state index is 12.8. The van der Waals surface area contributed by atoms with Crippen LogP contribution in [-0.2, 0) is 21.2 Å². The number of benzene rings is 2. The lowest BCUT2D eigenvalue weighted by Crippen LogP contribution is -2.28. The second-order valence-corrected chi connectivity index (χ2v) is 8.75. The fourth-order valence-corrected chi connectivity index (χ4v) is 4.73. The SMILES string of the molecule is CCc1ccc(C(C)NS(=O)(=O)c2ccc(N3CCCC3=O)c(C)c2)cc1. The van der Waals surface area contributed by atoms with E-state index >= 15 is 0 Å². The largest absolute Gasteiger partial charge is 0.312 e. The highest BCUT2D eigenvalue weighted by atomic mass is 32.2. The van der Waals surface area contributed by atoms with Crippen molar-refractivity contribution in [3.05, 3.63) is 59.2 Å². The number of nitrogens with zero attached hydrogens (tertiary/aromatic N) is 1. The van der Waals surface area contributed by atoms with E-state index in [4.69, 9.17) is 0 Å². The van der Waals surface area contributed by atoms with Gasteiger partial charge in [0.2, 0.25) is 15.9 Å². The molecule has 27 heavy (non-hydrogen) atoms. The number of carbonyl (C=O) groups excluding carboxylic acids is 1. The highest BCUT2D eigenvalue weighted by molar-refractivity contribution is 7.89. The lowest BCUT2D eigenvalue weighted by molar-refractivity contribution is -0.117. The van der Waals surface area contributed by atoms with Crippen molar-refractivity contribution in [3.8, 4) is 0 Å². The average Bonchev–Trinajstić information content (AvgIpc) is 3.07. The van der Waals surface area contributed by atoms with Gasteiger partial charge in [-0.3, -0.25) is 4.79 Å². The fourth-order valence-electron chi connectivity index (χ4n) is 3.41. The third kappa shape index (κ3) is 4.22. The number of rotatable bonds is 6. The van der Waals surface area contributed by atoms with Crippen LogP contribution in [0.3, 0.4) is 0 Å². The maximum Gasteiger partial charge on any atom is 0.241 e. The van der Waals surface area contributed by atoms with Gasteiger partial charge in [0.25, 0.3) is 0 Å². The van der Waals surface area contributed by atoms with Crippen molar-refractivity contribution in [1.82, 2.24) is 4.72 Å². The number of aryl methyl sites for hydroxylation is 2. The Kier molecular flexibility index (Phi) is 5.67. The first kappa shape index (κ1) is 19.6. The number of hydrogen-bond acceptors (Lipinski definition) is 3. The van der Waals surface area contributed by atoms with Crippen LogP contribution in [0.1, 0.15) is 49.4 Å². The van der Waals surface area contributed by atoms with Gasteiger partial charge in [-0.25, -0.2) is 13.1 Å². The van der Waals surface area contributed by atoms with E-state index in [1.54, 1.807) is 23.1 Å². The van der Waals surface area contributed by atoms with Gasteiger partial charge in [-0.2, -0.15) is 0 Å². The van der Waals surface area contributed by atoms with Crippen molar-refractivity contribution in [2.75, 3.05) is 11.4 Å². The smallest absolute Gasteiger partial charge is 0.241 e. The first-order valence-corrected chi connectivity index (χ1v) is 10.8. The first-order valence-electron chi connectivity index (χ1n) is 9.34. The second-order valence-electron chi connectivity index (χ2n) is 7.04. The standard InChI is InChI=1S/C21H26N2O3S/c1-4-17-7-9-18(10-8-17)16(3)22-27(25,26)19-11-12-20(15(2)14-19)23-13-5-6-21(23)24/h7-12,14,16,22H,4-6,13H2,1-3H3. The van der Waals surface area contributed by atoms with Crippen molar-refractivity contribution in [2.45, 2.75) is 51.0 Å². The van der Waals surface area contributed by atoms with E-state index < -0.39 is 10.0 Å². The molecule has 1 fully saturated rings. The van der Waals surface area contributed by atoms with Crippen LogP contribution in [0, 0.1) is 6.92 Å². The van der Waals surface area contributed by atoms with E-state index in [0.29, 0.717) is 13.0 Å². The summed E-state index contributed by atoms with van der Waals surface area (Å²) >= 11 is 0. The number of hydrogen-bond donors (Lipinski definition) is 1. The summed E-state index contributed by atoms with van der Waals surface area (Å²) in [7, 11) is -3.65. The Bertz CT molecular complexity index is 936.